The number of carbonyl (C=O) groups is 2. The zero-order valence-electron chi connectivity index (χ0n) is 13.0. The normalized spacial score (nSPS) is 12.6. The lowest BCUT2D eigenvalue weighted by Crippen LogP contribution is -2.28. The van der Waals surface area contributed by atoms with Gasteiger partial charge in [0.25, 0.3) is 5.91 Å². The van der Waals surface area contributed by atoms with Crippen LogP contribution in [-0.4, -0.2) is 18.6 Å². The van der Waals surface area contributed by atoms with Crippen molar-refractivity contribution in [3.8, 4) is 11.5 Å². The van der Waals surface area contributed by atoms with E-state index in [0.29, 0.717) is 17.2 Å². The van der Waals surface area contributed by atoms with Gasteiger partial charge in [0.1, 0.15) is 5.70 Å². The van der Waals surface area contributed by atoms with Gasteiger partial charge in [0.15, 0.2) is 11.5 Å². The summed E-state index contributed by atoms with van der Waals surface area (Å²) >= 11 is 0. The highest BCUT2D eigenvalue weighted by Gasteiger charge is 2.16. The topological polar surface area (TPSA) is 76.7 Å². The molecule has 1 aliphatic rings. The first-order valence-corrected chi connectivity index (χ1v) is 7.37. The van der Waals surface area contributed by atoms with E-state index in [9.17, 15) is 9.59 Å². The van der Waals surface area contributed by atoms with Crippen LogP contribution in [0.5, 0.6) is 11.5 Å². The fraction of sp³-hybridized carbons (Fsp3) is 0.111. The number of hydrogen-bond acceptors (Lipinski definition) is 4. The van der Waals surface area contributed by atoms with E-state index in [-0.39, 0.29) is 18.4 Å². The molecule has 6 nitrogen and oxygen atoms in total. The summed E-state index contributed by atoms with van der Waals surface area (Å²) in [4.78, 5) is 23.9. The maximum absolute atomic E-state index is 12.5. The smallest absolute Gasteiger partial charge is 0.272 e. The zero-order chi connectivity index (χ0) is 16.9. The van der Waals surface area contributed by atoms with Gasteiger partial charge in [-0.2, -0.15) is 0 Å². The van der Waals surface area contributed by atoms with Crippen LogP contribution < -0.4 is 20.1 Å². The van der Waals surface area contributed by atoms with Crippen molar-refractivity contribution in [2.45, 2.75) is 6.92 Å². The van der Waals surface area contributed by atoms with Crippen LogP contribution in [0.2, 0.25) is 0 Å². The van der Waals surface area contributed by atoms with Gasteiger partial charge >= 0.3 is 0 Å². The predicted molar refractivity (Wildman–Crippen MR) is 89.4 cm³/mol. The summed E-state index contributed by atoms with van der Waals surface area (Å²) in [5, 5.41) is 5.29. The van der Waals surface area contributed by atoms with Gasteiger partial charge in [-0.05, 0) is 23.8 Å². The minimum absolute atomic E-state index is 0.159. The number of benzene rings is 2. The molecule has 0 bridgehead atoms. The van der Waals surface area contributed by atoms with Gasteiger partial charge in [0.2, 0.25) is 12.7 Å². The van der Waals surface area contributed by atoms with Crippen molar-refractivity contribution < 1.29 is 19.1 Å². The van der Waals surface area contributed by atoms with Crippen LogP contribution in [0.15, 0.2) is 54.2 Å². The Kier molecular flexibility index (Phi) is 4.47. The first kappa shape index (κ1) is 15.6. The van der Waals surface area contributed by atoms with Crippen molar-refractivity contribution in [3.63, 3.8) is 0 Å². The van der Waals surface area contributed by atoms with Crippen molar-refractivity contribution in [2.24, 2.45) is 0 Å². The van der Waals surface area contributed by atoms with E-state index in [1.54, 1.807) is 24.3 Å². The van der Waals surface area contributed by atoms with Crippen LogP contribution in [0, 0.1) is 0 Å². The van der Waals surface area contributed by atoms with E-state index in [0.717, 1.165) is 5.56 Å². The van der Waals surface area contributed by atoms with Gasteiger partial charge < -0.3 is 20.1 Å². The molecular weight excluding hydrogens is 308 g/mol. The second-order valence-electron chi connectivity index (χ2n) is 5.17. The van der Waals surface area contributed by atoms with Gasteiger partial charge in [-0.1, -0.05) is 30.3 Å². The third-order valence-electron chi connectivity index (χ3n) is 3.30. The van der Waals surface area contributed by atoms with E-state index in [2.05, 4.69) is 10.6 Å². The molecule has 0 aromatic heterocycles. The number of nitrogens with one attached hydrogen (secondary N) is 2. The Morgan fingerprint density at radius 3 is 2.54 bits per heavy atom. The molecule has 6 heteroatoms. The van der Waals surface area contributed by atoms with Gasteiger partial charge in [0.05, 0.1) is 0 Å². The molecule has 2 aromatic carbocycles. The number of carbonyl (C=O) groups excluding carboxylic acids is 2. The Morgan fingerprint density at radius 2 is 1.79 bits per heavy atom. The summed E-state index contributed by atoms with van der Waals surface area (Å²) < 4.78 is 10.5. The van der Waals surface area contributed by atoms with E-state index in [4.69, 9.17) is 9.47 Å². The Bertz CT molecular complexity index is 800. The number of hydrogen-bond donors (Lipinski definition) is 2. The Labute approximate surface area is 139 Å². The molecule has 0 fully saturated rings. The third-order valence-corrected chi connectivity index (χ3v) is 3.30. The van der Waals surface area contributed by atoms with Crippen LogP contribution in [0.25, 0.3) is 6.08 Å². The Hall–Kier alpha value is -3.28. The molecule has 0 atom stereocenters. The average Bonchev–Trinajstić information content (AvgIpc) is 3.02. The molecule has 1 aliphatic heterocycles. The van der Waals surface area contributed by atoms with E-state index in [1.807, 2.05) is 30.3 Å². The van der Waals surface area contributed by atoms with Crippen LogP contribution >= 0.6 is 0 Å². The molecule has 2 amide bonds. The quantitative estimate of drug-likeness (QED) is 0.847. The summed E-state index contributed by atoms with van der Waals surface area (Å²) in [6, 6.07) is 14.4. The Balaban J connectivity index is 1.81. The largest absolute Gasteiger partial charge is 0.454 e. The highest BCUT2D eigenvalue weighted by atomic mass is 16.7. The lowest BCUT2D eigenvalue weighted by atomic mass is 10.2. The second-order valence-corrected chi connectivity index (χ2v) is 5.17. The molecule has 0 spiro atoms. The summed E-state index contributed by atoms with van der Waals surface area (Å²) in [5.41, 5.74) is 1.52. The van der Waals surface area contributed by atoms with Crippen LogP contribution in [0.1, 0.15) is 12.5 Å². The molecule has 3 rings (SSSR count). The van der Waals surface area contributed by atoms with Gasteiger partial charge in [-0.3, -0.25) is 9.59 Å². The molecule has 122 valence electrons. The highest BCUT2D eigenvalue weighted by Crippen LogP contribution is 2.34. The second kappa shape index (κ2) is 6.87. The molecule has 0 saturated heterocycles. The zero-order valence-corrected chi connectivity index (χ0v) is 13.0. The van der Waals surface area contributed by atoms with Crippen LogP contribution in [-0.2, 0) is 9.59 Å². The minimum atomic E-state index is -0.423. The summed E-state index contributed by atoms with van der Waals surface area (Å²) in [6.07, 6.45) is 1.61. The summed E-state index contributed by atoms with van der Waals surface area (Å²) in [5.74, 6) is 0.460. The fourth-order valence-electron chi connectivity index (χ4n) is 2.24. The summed E-state index contributed by atoms with van der Waals surface area (Å²) in [7, 11) is 0. The molecule has 0 saturated carbocycles. The monoisotopic (exact) mass is 324 g/mol. The number of ether oxygens (including phenoxy) is 2. The first-order valence-electron chi connectivity index (χ1n) is 7.37. The van der Waals surface area contributed by atoms with Crippen molar-refractivity contribution in [3.05, 3.63) is 59.8 Å². The number of anilines is 1. The fourth-order valence-corrected chi connectivity index (χ4v) is 2.24. The van der Waals surface area contributed by atoms with Gasteiger partial charge in [-0.25, -0.2) is 0 Å². The average molecular weight is 324 g/mol. The third kappa shape index (κ3) is 3.73. The Morgan fingerprint density at radius 1 is 1.04 bits per heavy atom. The molecule has 0 radical (unpaired) electrons. The van der Waals surface area contributed by atoms with Crippen LogP contribution in [0.4, 0.5) is 5.69 Å². The van der Waals surface area contributed by atoms with E-state index >= 15 is 0 Å². The lowest BCUT2D eigenvalue weighted by Gasteiger charge is -2.10. The number of rotatable bonds is 4. The molecule has 0 unspecified atom stereocenters. The summed E-state index contributed by atoms with van der Waals surface area (Å²) in [6.45, 7) is 1.52. The van der Waals surface area contributed by atoms with E-state index < -0.39 is 5.91 Å². The van der Waals surface area contributed by atoms with E-state index in [1.165, 1.54) is 6.92 Å². The number of amides is 2. The van der Waals surface area contributed by atoms with Crippen molar-refractivity contribution in [1.29, 1.82) is 0 Å². The van der Waals surface area contributed by atoms with Crippen molar-refractivity contribution >= 4 is 23.6 Å². The molecule has 1 heterocycles. The highest BCUT2D eigenvalue weighted by molar-refractivity contribution is 6.08. The standard InChI is InChI=1S/C18H16N2O4/c1-12(21)19-15(9-13-5-3-2-4-6-13)18(22)20-14-7-8-16-17(10-14)24-11-23-16/h2-10H,11H2,1H3,(H,19,21)(H,20,22)/b15-9+. The molecule has 0 aliphatic carbocycles. The maximum Gasteiger partial charge on any atom is 0.272 e. The van der Waals surface area contributed by atoms with Crippen molar-refractivity contribution in [1.82, 2.24) is 5.32 Å². The van der Waals surface area contributed by atoms with Crippen molar-refractivity contribution in [2.75, 3.05) is 12.1 Å². The first-order chi connectivity index (χ1) is 11.6. The SMILES string of the molecule is CC(=O)N/C(=C/c1ccccc1)C(=O)Nc1ccc2c(c1)OCO2. The molecular formula is C18H16N2O4. The maximum atomic E-state index is 12.5. The van der Waals surface area contributed by atoms with Gasteiger partial charge in [-0.15, -0.1) is 0 Å². The lowest BCUT2D eigenvalue weighted by molar-refractivity contribution is -0.120. The molecule has 2 N–H and O–H groups in total. The molecule has 24 heavy (non-hydrogen) atoms. The minimum Gasteiger partial charge on any atom is -0.454 e. The predicted octanol–water partition coefficient (Wildman–Crippen LogP) is 2.53. The number of fused-ring (bicyclic) bond motifs is 1. The van der Waals surface area contributed by atoms with Crippen LogP contribution in [0.3, 0.4) is 0 Å². The van der Waals surface area contributed by atoms with Gasteiger partial charge in [0, 0.05) is 18.7 Å². The molecule has 2 aromatic rings.